The summed E-state index contributed by atoms with van der Waals surface area (Å²) in [4.78, 5) is 45.2. The van der Waals surface area contributed by atoms with Crippen molar-refractivity contribution in [2.75, 3.05) is 25.6 Å². The van der Waals surface area contributed by atoms with Gasteiger partial charge in [-0.2, -0.15) is 0 Å². The zero-order valence-corrected chi connectivity index (χ0v) is 23.4. The molecule has 1 fully saturated rings. The Bertz CT molecular complexity index is 1180. The molecule has 1 aromatic rings. The van der Waals surface area contributed by atoms with Gasteiger partial charge in [-0.1, -0.05) is 38.4 Å². The van der Waals surface area contributed by atoms with Crippen LogP contribution >= 0.6 is 11.6 Å². The Kier molecular flexibility index (Phi) is 10.3. The predicted octanol–water partition coefficient (Wildman–Crippen LogP) is 2.19. The summed E-state index contributed by atoms with van der Waals surface area (Å²) in [6.45, 7) is 5.83. The lowest BCUT2D eigenvalue weighted by Crippen LogP contribution is -2.58. The van der Waals surface area contributed by atoms with Gasteiger partial charge in [-0.05, 0) is 36.5 Å². The van der Waals surface area contributed by atoms with Crippen molar-refractivity contribution in [3.8, 4) is 0 Å². The average molecular weight is 554 g/mol. The Labute approximate surface area is 223 Å². The van der Waals surface area contributed by atoms with Crippen LogP contribution in [0, 0.1) is 5.41 Å². The summed E-state index contributed by atoms with van der Waals surface area (Å²) in [5.41, 5.74) is 5.67. The molecular weight excluding hydrogens is 518 g/mol. The molecule has 10 nitrogen and oxygen atoms in total. The molecule has 2 rings (SSSR count). The fourth-order valence-electron chi connectivity index (χ4n) is 3.92. The number of aliphatic imine (C=N–C) groups is 1. The van der Waals surface area contributed by atoms with Crippen molar-refractivity contribution in [2.24, 2.45) is 10.4 Å². The van der Waals surface area contributed by atoms with E-state index in [0.29, 0.717) is 31.5 Å². The Morgan fingerprint density at radius 3 is 2.51 bits per heavy atom. The molecule has 37 heavy (non-hydrogen) atoms. The standard InChI is InChI=1S/C25H36ClN5O5S/c1-25(2,3)21(30-22(32)16-8-9-19(27)18(26)15-16)24(34)31-13-6-7-20(31)23(33)29-17(10-12-28-4)11-14-37(5,35)36/h8-9,11-12,14-15,17,20-21H,6-7,10,13,27H2,1-5H3,(H,29,33)(H,30,32)/b14-11+,28-12+/t17-,20+,21+/m0/s1. The minimum absolute atomic E-state index is 0.232. The third-order valence-corrected chi connectivity index (χ3v) is 6.90. The molecule has 12 heteroatoms. The Hall–Kier alpha value is -2.92. The maximum atomic E-state index is 13.7. The summed E-state index contributed by atoms with van der Waals surface area (Å²) in [5, 5.41) is 6.89. The number of hydrogen-bond donors (Lipinski definition) is 3. The van der Waals surface area contributed by atoms with Gasteiger partial charge in [0.2, 0.25) is 11.8 Å². The molecule has 204 valence electrons. The highest BCUT2D eigenvalue weighted by Gasteiger charge is 2.42. The van der Waals surface area contributed by atoms with E-state index in [4.69, 9.17) is 17.3 Å². The van der Waals surface area contributed by atoms with Crippen molar-refractivity contribution >= 4 is 51.1 Å². The van der Waals surface area contributed by atoms with Crippen LogP contribution in [0.3, 0.4) is 0 Å². The van der Waals surface area contributed by atoms with Gasteiger partial charge in [0.1, 0.15) is 12.1 Å². The highest BCUT2D eigenvalue weighted by atomic mass is 35.5. The number of nitrogens with one attached hydrogen (secondary N) is 2. The van der Waals surface area contributed by atoms with E-state index in [2.05, 4.69) is 15.6 Å². The number of halogens is 1. The average Bonchev–Trinajstić information content (AvgIpc) is 3.29. The van der Waals surface area contributed by atoms with Crippen LogP contribution in [0.1, 0.15) is 50.4 Å². The van der Waals surface area contributed by atoms with Crippen LogP contribution in [0.25, 0.3) is 0 Å². The van der Waals surface area contributed by atoms with Crippen molar-refractivity contribution in [3.05, 3.63) is 40.3 Å². The van der Waals surface area contributed by atoms with Crippen LogP contribution in [0.2, 0.25) is 5.02 Å². The lowest BCUT2D eigenvalue weighted by molar-refractivity contribution is -0.142. The molecule has 0 spiro atoms. The maximum absolute atomic E-state index is 13.7. The molecule has 3 atom stereocenters. The summed E-state index contributed by atoms with van der Waals surface area (Å²) in [7, 11) is -1.81. The van der Waals surface area contributed by atoms with E-state index in [0.717, 1.165) is 11.7 Å². The minimum atomic E-state index is -3.39. The molecular formula is C25H36ClN5O5S. The number of likely N-dealkylation sites (tertiary alicyclic amines) is 1. The topological polar surface area (TPSA) is 151 Å². The monoisotopic (exact) mass is 553 g/mol. The number of carbonyl (C=O) groups excluding carboxylic acids is 3. The van der Waals surface area contributed by atoms with Crippen LogP contribution in [0.4, 0.5) is 5.69 Å². The first-order valence-electron chi connectivity index (χ1n) is 11.9. The minimum Gasteiger partial charge on any atom is -0.398 e. The Morgan fingerprint density at radius 2 is 1.95 bits per heavy atom. The molecule has 0 unspecified atom stereocenters. The molecule has 3 amide bonds. The van der Waals surface area contributed by atoms with Crippen molar-refractivity contribution < 1.29 is 22.8 Å². The molecule has 0 aromatic heterocycles. The third-order valence-electron chi connectivity index (χ3n) is 5.92. The molecule has 1 aliphatic heterocycles. The second-order valence-corrected chi connectivity index (χ2v) is 12.5. The van der Waals surface area contributed by atoms with E-state index in [1.807, 2.05) is 20.8 Å². The van der Waals surface area contributed by atoms with E-state index in [1.165, 1.54) is 29.2 Å². The summed E-state index contributed by atoms with van der Waals surface area (Å²) < 4.78 is 23.1. The molecule has 1 saturated heterocycles. The zero-order valence-electron chi connectivity index (χ0n) is 21.8. The Balaban J connectivity index is 2.23. The van der Waals surface area contributed by atoms with Gasteiger partial charge in [-0.3, -0.25) is 14.4 Å². The van der Waals surface area contributed by atoms with E-state index in [1.54, 1.807) is 13.3 Å². The quantitative estimate of drug-likeness (QED) is 0.315. The fourth-order valence-corrected chi connectivity index (χ4v) is 4.58. The van der Waals surface area contributed by atoms with Crippen LogP contribution in [0.15, 0.2) is 34.7 Å². The number of nitrogens with two attached hydrogens (primary N) is 1. The molecule has 0 saturated carbocycles. The first kappa shape index (κ1) is 30.3. The first-order chi connectivity index (χ1) is 17.1. The molecule has 1 heterocycles. The van der Waals surface area contributed by atoms with Gasteiger partial charge >= 0.3 is 0 Å². The normalized spacial score (nSPS) is 18.2. The number of sulfone groups is 1. The Morgan fingerprint density at radius 1 is 1.27 bits per heavy atom. The number of nitrogen functional groups attached to an aromatic ring is 1. The van der Waals surface area contributed by atoms with Gasteiger partial charge in [0.25, 0.3) is 5.91 Å². The fraction of sp³-hybridized carbons (Fsp3) is 0.520. The third kappa shape index (κ3) is 8.85. The van der Waals surface area contributed by atoms with Crippen LogP contribution < -0.4 is 16.4 Å². The van der Waals surface area contributed by atoms with E-state index >= 15 is 0 Å². The number of rotatable bonds is 9. The number of anilines is 1. The second-order valence-electron chi connectivity index (χ2n) is 10.1. The number of carbonyl (C=O) groups is 3. The van der Waals surface area contributed by atoms with Gasteiger partial charge in [0, 0.05) is 43.5 Å². The second kappa shape index (κ2) is 12.6. The highest BCUT2D eigenvalue weighted by molar-refractivity contribution is 7.93. The lowest BCUT2D eigenvalue weighted by atomic mass is 9.85. The summed E-state index contributed by atoms with van der Waals surface area (Å²) >= 11 is 6.05. The smallest absolute Gasteiger partial charge is 0.252 e. The van der Waals surface area contributed by atoms with Gasteiger partial charge in [0.15, 0.2) is 9.84 Å². The van der Waals surface area contributed by atoms with Crippen molar-refractivity contribution in [1.82, 2.24) is 15.5 Å². The molecule has 0 bridgehead atoms. The van der Waals surface area contributed by atoms with Gasteiger partial charge < -0.3 is 26.3 Å². The number of nitrogens with zero attached hydrogens (tertiary/aromatic N) is 2. The van der Waals surface area contributed by atoms with Gasteiger partial charge in [-0.25, -0.2) is 8.42 Å². The van der Waals surface area contributed by atoms with E-state index < -0.39 is 45.2 Å². The summed E-state index contributed by atoms with van der Waals surface area (Å²) in [6, 6.07) is 2.19. The zero-order chi connectivity index (χ0) is 28.0. The summed E-state index contributed by atoms with van der Waals surface area (Å²) in [6.07, 6.45) is 5.38. The van der Waals surface area contributed by atoms with Gasteiger partial charge in [-0.15, -0.1) is 0 Å². The highest BCUT2D eigenvalue weighted by Crippen LogP contribution is 2.27. The van der Waals surface area contributed by atoms with Crippen LogP contribution in [-0.2, 0) is 19.4 Å². The largest absolute Gasteiger partial charge is 0.398 e. The molecule has 4 N–H and O–H groups in total. The maximum Gasteiger partial charge on any atom is 0.252 e. The number of amides is 3. The summed E-state index contributed by atoms with van der Waals surface area (Å²) in [5.74, 6) is -1.26. The number of benzene rings is 1. The van der Waals surface area contributed by atoms with Gasteiger partial charge in [0.05, 0.1) is 16.8 Å². The first-order valence-corrected chi connectivity index (χ1v) is 14.2. The van der Waals surface area contributed by atoms with E-state index in [-0.39, 0.29) is 16.5 Å². The number of hydrogen-bond acceptors (Lipinski definition) is 7. The molecule has 1 aromatic carbocycles. The van der Waals surface area contributed by atoms with Crippen molar-refractivity contribution in [1.29, 1.82) is 0 Å². The van der Waals surface area contributed by atoms with E-state index in [9.17, 15) is 22.8 Å². The molecule has 1 aliphatic rings. The SMILES string of the molecule is C/N=C/C[C@@H](/C=C/S(C)(=O)=O)NC(=O)[C@H]1CCCN1C(=O)[C@@H](NC(=O)c1ccc(N)c(Cl)c1)C(C)(C)C. The van der Waals surface area contributed by atoms with Crippen LogP contribution in [-0.4, -0.2) is 75.2 Å². The van der Waals surface area contributed by atoms with Crippen molar-refractivity contribution in [2.45, 2.75) is 58.2 Å². The lowest BCUT2D eigenvalue weighted by Gasteiger charge is -2.35. The molecule has 0 radical (unpaired) electrons. The van der Waals surface area contributed by atoms with Crippen molar-refractivity contribution in [3.63, 3.8) is 0 Å². The van der Waals surface area contributed by atoms with Crippen LogP contribution in [0.5, 0.6) is 0 Å². The predicted molar refractivity (Wildman–Crippen MR) is 146 cm³/mol. The molecule has 0 aliphatic carbocycles.